The summed E-state index contributed by atoms with van der Waals surface area (Å²) >= 11 is 0. The van der Waals surface area contributed by atoms with Crippen molar-refractivity contribution in [3.05, 3.63) is 10.7 Å². The first kappa shape index (κ1) is 25.2. The fourth-order valence-corrected chi connectivity index (χ4v) is 3.73. The van der Waals surface area contributed by atoms with Gasteiger partial charge in [0.25, 0.3) is 0 Å². The molecule has 1 unspecified atom stereocenters. The van der Waals surface area contributed by atoms with Crippen molar-refractivity contribution in [3.63, 3.8) is 0 Å². The molecule has 1 aromatic carbocycles. The molecule has 3 rings (SSSR count). The topological polar surface area (TPSA) is 93.3 Å². The van der Waals surface area contributed by atoms with Gasteiger partial charge in [-0.2, -0.15) is 0 Å². The van der Waals surface area contributed by atoms with Crippen molar-refractivity contribution in [1.82, 2.24) is 29.4 Å². The van der Waals surface area contributed by atoms with Crippen molar-refractivity contribution in [2.45, 2.75) is 6.29 Å². The smallest absolute Gasteiger partial charge is 0.226 e. The van der Waals surface area contributed by atoms with Crippen molar-refractivity contribution in [3.8, 4) is 0 Å². The summed E-state index contributed by atoms with van der Waals surface area (Å²) in [7, 11) is 23.6. The summed E-state index contributed by atoms with van der Waals surface area (Å²) in [6.45, 7) is 0. The van der Waals surface area contributed by atoms with Crippen LogP contribution < -0.4 is 16.0 Å². The molecule has 0 radical (unpaired) electrons. The minimum absolute atomic E-state index is 0.248. The molecule has 12 nitrogen and oxygen atoms in total. The Morgan fingerprint density at radius 3 is 1.62 bits per heavy atom. The molecule has 12 heteroatoms. The number of benzene rings is 1. The lowest BCUT2D eigenvalue weighted by atomic mass is 10.1. The minimum Gasteiger partial charge on any atom is -0.349 e. The highest BCUT2D eigenvalue weighted by molar-refractivity contribution is 5.96. The molecule has 2 aliphatic heterocycles. The van der Waals surface area contributed by atoms with Crippen molar-refractivity contribution < 1.29 is 0 Å². The molecule has 2 heterocycles. The van der Waals surface area contributed by atoms with E-state index in [1.54, 1.807) is 0 Å². The highest BCUT2D eigenvalue weighted by Crippen LogP contribution is 2.34. The Labute approximate surface area is 202 Å². The molecule has 0 saturated carbocycles. The number of fused-ring (bicyclic) bond motifs is 2. The van der Waals surface area contributed by atoms with Gasteiger partial charge < -0.3 is 29.8 Å². The van der Waals surface area contributed by atoms with Gasteiger partial charge in [-0.15, -0.1) is 0 Å². The number of aliphatic imine (C=N–C) groups is 3. The molecule has 1 atom stereocenters. The van der Waals surface area contributed by atoms with Crippen molar-refractivity contribution >= 4 is 40.6 Å². The van der Waals surface area contributed by atoms with Crippen LogP contribution >= 0.6 is 0 Å². The Morgan fingerprint density at radius 1 is 0.676 bits per heavy atom. The standard InChI is InChI=1S/C22H38N12/c1-29(2)19-23-13-14(24-19)18(28-22(33(9)10)34(11)12)16-15(25-20(26-16)30(3)4)17(13)27-21(31(5)6)32(7)8/h19,23H,1-12H3. The second-order valence-corrected chi connectivity index (χ2v) is 9.55. The zero-order valence-corrected chi connectivity index (χ0v) is 22.5. The van der Waals surface area contributed by atoms with Gasteiger partial charge in [0.1, 0.15) is 27.8 Å². The predicted octanol–water partition coefficient (Wildman–Crippen LogP) is -0.0194. The fraction of sp³-hybridized carbons (Fsp3) is 0.591. The molecule has 0 aromatic heterocycles. The summed E-state index contributed by atoms with van der Waals surface area (Å²) < 4.78 is 0. The molecule has 186 valence electrons. The maximum atomic E-state index is 5.05. The first-order valence-electron chi connectivity index (χ1n) is 11.1. The van der Waals surface area contributed by atoms with E-state index in [9.17, 15) is 0 Å². The van der Waals surface area contributed by atoms with Crippen molar-refractivity contribution in [2.75, 3.05) is 89.9 Å². The zero-order chi connectivity index (χ0) is 25.5. The van der Waals surface area contributed by atoms with Gasteiger partial charge in [-0.1, -0.05) is 0 Å². The maximum absolute atomic E-state index is 5.05. The summed E-state index contributed by atoms with van der Waals surface area (Å²) in [4.78, 5) is 36.6. The van der Waals surface area contributed by atoms with Crippen LogP contribution in [0.3, 0.4) is 0 Å². The Morgan fingerprint density at radius 2 is 1.18 bits per heavy atom. The Bertz CT molecular complexity index is 1140. The molecule has 1 aromatic rings. The largest absolute Gasteiger partial charge is 0.349 e. The fourth-order valence-electron chi connectivity index (χ4n) is 3.73. The first-order chi connectivity index (χ1) is 15.8. The molecular weight excluding hydrogens is 432 g/mol. The lowest BCUT2D eigenvalue weighted by Crippen LogP contribution is -2.36. The number of hydrogen-bond donors (Lipinski definition) is 1. The average molecular weight is 471 g/mol. The molecule has 0 saturated heterocycles. The van der Waals surface area contributed by atoms with Gasteiger partial charge >= 0.3 is 0 Å². The van der Waals surface area contributed by atoms with Crippen LogP contribution in [-0.4, -0.2) is 138 Å². The summed E-state index contributed by atoms with van der Waals surface area (Å²) in [5.74, 6) is 2.16. The van der Waals surface area contributed by atoms with Crippen LogP contribution in [0.4, 0.5) is 22.7 Å². The van der Waals surface area contributed by atoms with E-state index in [0.717, 1.165) is 23.0 Å². The highest BCUT2D eigenvalue weighted by atomic mass is 15.4. The first-order valence-corrected chi connectivity index (χ1v) is 11.1. The zero-order valence-electron chi connectivity index (χ0n) is 22.5. The number of nitrogens with one attached hydrogen (secondary N) is 1. The molecule has 0 aliphatic carbocycles. The van der Waals surface area contributed by atoms with Gasteiger partial charge in [-0.25, -0.2) is 25.0 Å². The van der Waals surface area contributed by atoms with Gasteiger partial charge in [0.2, 0.25) is 17.9 Å². The van der Waals surface area contributed by atoms with Gasteiger partial charge in [-0.05, 0) is 14.1 Å². The van der Waals surface area contributed by atoms with Crippen LogP contribution in [-0.2, 0) is 0 Å². The predicted molar refractivity (Wildman–Crippen MR) is 140 cm³/mol. The Balaban J connectivity index is 2.48. The SMILES string of the molecule is CN(C)C1=Nc2c(N=C(N(C)C)N(C)C)c3c(c(N=C(N(C)C)N(C)C)c2=N1)NC(N(C)C)N=3. The second-order valence-electron chi connectivity index (χ2n) is 9.55. The van der Waals surface area contributed by atoms with E-state index in [4.69, 9.17) is 25.0 Å². The third-order valence-electron chi connectivity index (χ3n) is 5.23. The average Bonchev–Trinajstić information content (AvgIpc) is 3.34. The van der Waals surface area contributed by atoms with E-state index >= 15 is 0 Å². The molecule has 0 bridgehead atoms. The van der Waals surface area contributed by atoms with E-state index in [1.165, 1.54) is 0 Å². The Hall–Kier alpha value is -3.41. The minimum atomic E-state index is -0.248. The van der Waals surface area contributed by atoms with Crippen LogP contribution in [0, 0.1) is 0 Å². The van der Waals surface area contributed by atoms with Gasteiger partial charge in [0, 0.05) is 70.5 Å². The van der Waals surface area contributed by atoms with Crippen LogP contribution in [0.25, 0.3) is 0 Å². The monoisotopic (exact) mass is 470 g/mol. The van der Waals surface area contributed by atoms with Gasteiger partial charge in [-0.3, -0.25) is 4.90 Å². The van der Waals surface area contributed by atoms with Gasteiger partial charge in [0.15, 0.2) is 6.29 Å². The number of rotatable bonds is 3. The molecule has 34 heavy (non-hydrogen) atoms. The van der Waals surface area contributed by atoms with Crippen LogP contribution in [0.1, 0.15) is 0 Å². The lowest BCUT2D eigenvalue weighted by molar-refractivity contribution is 0.334. The van der Waals surface area contributed by atoms with E-state index in [1.807, 2.05) is 114 Å². The van der Waals surface area contributed by atoms with Crippen LogP contribution in [0.15, 0.2) is 25.0 Å². The summed E-state index contributed by atoms with van der Waals surface area (Å²) in [5.41, 5.74) is 2.85. The van der Waals surface area contributed by atoms with Crippen molar-refractivity contribution in [2.24, 2.45) is 25.0 Å². The van der Waals surface area contributed by atoms with E-state index in [-0.39, 0.29) is 6.29 Å². The number of nitrogens with zero attached hydrogens (tertiary/aromatic N) is 11. The van der Waals surface area contributed by atoms with Crippen molar-refractivity contribution in [1.29, 1.82) is 0 Å². The van der Waals surface area contributed by atoms with E-state index in [2.05, 4.69) is 5.32 Å². The van der Waals surface area contributed by atoms with Crippen LogP contribution in [0.2, 0.25) is 0 Å². The second kappa shape index (κ2) is 9.45. The third-order valence-corrected chi connectivity index (χ3v) is 5.23. The third kappa shape index (κ3) is 4.63. The Kier molecular flexibility index (Phi) is 7.01. The van der Waals surface area contributed by atoms with E-state index < -0.39 is 0 Å². The molecule has 0 spiro atoms. The molecule has 2 aliphatic rings. The molecule has 0 fully saturated rings. The molecule has 1 N–H and O–H groups in total. The molecular formula is C22H38N12. The summed E-state index contributed by atoms with van der Waals surface area (Å²) in [5, 5.41) is 4.94. The summed E-state index contributed by atoms with van der Waals surface area (Å²) in [6.07, 6.45) is -0.248. The maximum Gasteiger partial charge on any atom is 0.226 e. The van der Waals surface area contributed by atoms with Crippen LogP contribution in [0.5, 0.6) is 0 Å². The summed E-state index contributed by atoms with van der Waals surface area (Å²) in [6, 6.07) is 0. The normalized spacial score (nSPS) is 15.3. The van der Waals surface area contributed by atoms with Gasteiger partial charge in [0.05, 0.1) is 5.69 Å². The molecule has 0 amide bonds. The number of guanidine groups is 3. The number of anilines is 1. The quantitative estimate of drug-likeness (QED) is 0.490. The highest BCUT2D eigenvalue weighted by Gasteiger charge is 2.30. The lowest BCUT2D eigenvalue weighted by Gasteiger charge is -2.24. The van der Waals surface area contributed by atoms with E-state index in [0.29, 0.717) is 28.4 Å². The number of hydrogen-bond acceptors (Lipinski definition) is 8.